The molecule has 0 spiro atoms. The van der Waals surface area contributed by atoms with Crippen molar-refractivity contribution in [2.24, 2.45) is 5.73 Å². The van der Waals surface area contributed by atoms with Crippen LogP contribution in [0.4, 0.5) is 0 Å². The molecule has 100 valence electrons. The van der Waals surface area contributed by atoms with Crippen molar-refractivity contribution in [1.82, 2.24) is 0 Å². The van der Waals surface area contributed by atoms with Gasteiger partial charge in [0.2, 0.25) is 0 Å². The van der Waals surface area contributed by atoms with Gasteiger partial charge in [-0.2, -0.15) is 0 Å². The predicted octanol–water partition coefficient (Wildman–Crippen LogP) is 4.12. The average molecular weight is 320 g/mol. The summed E-state index contributed by atoms with van der Waals surface area (Å²) in [6.07, 6.45) is 0. The van der Waals surface area contributed by atoms with Gasteiger partial charge in [-0.25, -0.2) is 0 Å². The molecule has 0 aliphatic rings. The van der Waals surface area contributed by atoms with Crippen LogP contribution in [0.25, 0.3) is 0 Å². The third-order valence-electron chi connectivity index (χ3n) is 3.49. The van der Waals surface area contributed by atoms with Gasteiger partial charge in [-0.1, -0.05) is 46.3 Å². The van der Waals surface area contributed by atoms with E-state index in [0.717, 1.165) is 26.9 Å². The zero-order valence-electron chi connectivity index (χ0n) is 11.4. The first-order valence-electron chi connectivity index (χ1n) is 6.20. The van der Waals surface area contributed by atoms with Crippen molar-refractivity contribution in [2.75, 3.05) is 7.11 Å². The smallest absolute Gasteiger partial charge is 0.127 e. The maximum atomic E-state index is 6.40. The topological polar surface area (TPSA) is 35.2 Å². The van der Waals surface area contributed by atoms with Crippen molar-refractivity contribution in [3.05, 3.63) is 63.1 Å². The van der Waals surface area contributed by atoms with Crippen molar-refractivity contribution in [3.8, 4) is 5.75 Å². The molecular formula is C16H18BrNO. The van der Waals surface area contributed by atoms with Gasteiger partial charge >= 0.3 is 0 Å². The van der Waals surface area contributed by atoms with Crippen molar-refractivity contribution in [2.45, 2.75) is 19.9 Å². The lowest BCUT2D eigenvalue weighted by atomic mass is 9.95. The van der Waals surface area contributed by atoms with Gasteiger partial charge in [-0.15, -0.1) is 0 Å². The number of halogens is 1. The molecule has 2 N–H and O–H groups in total. The minimum Gasteiger partial charge on any atom is -0.496 e. The average Bonchev–Trinajstić information content (AvgIpc) is 2.41. The van der Waals surface area contributed by atoms with Crippen LogP contribution in [0, 0.1) is 13.8 Å². The molecule has 2 rings (SSSR count). The highest BCUT2D eigenvalue weighted by atomic mass is 79.9. The van der Waals surface area contributed by atoms with Crippen molar-refractivity contribution in [1.29, 1.82) is 0 Å². The summed E-state index contributed by atoms with van der Waals surface area (Å²) < 4.78 is 6.56. The quantitative estimate of drug-likeness (QED) is 0.923. The van der Waals surface area contributed by atoms with Gasteiger partial charge < -0.3 is 10.5 Å². The molecular weight excluding hydrogens is 302 g/mol. The number of methoxy groups -OCH3 is 1. The van der Waals surface area contributed by atoms with E-state index in [9.17, 15) is 0 Å². The first-order chi connectivity index (χ1) is 9.06. The van der Waals surface area contributed by atoms with E-state index >= 15 is 0 Å². The third kappa shape index (κ3) is 2.67. The summed E-state index contributed by atoms with van der Waals surface area (Å²) in [6.45, 7) is 4.13. The van der Waals surface area contributed by atoms with Crippen molar-refractivity contribution >= 4 is 15.9 Å². The van der Waals surface area contributed by atoms with E-state index in [-0.39, 0.29) is 6.04 Å². The van der Waals surface area contributed by atoms with Crippen LogP contribution in [0.5, 0.6) is 5.75 Å². The lowest BCUT2D eigenvalue weighted by Crippen LogP contribution is -2.14. The molecule has 0 aromatic heterocycles. The predicted molar refractivity (Wildman–Crippen MR) is 82.6 cm³/mol. The highest BCUT2D eigenvalue weighted by Crippen LogP contribution is 2.35. The van der Waals surface area contributed by atoms with Crippen molar-refractivity contribution in [3.63, 3.8) is 0 Å². The molecule has 0 aliphatic heterocycles. The maximum Gasteiger partial charge on any atom is 0.127 e. The summed E-state index contributed by atoms with van der Waals surface area (Å²) in [5.41, 5.74) is 10.8. The fourth-order valence-corrected chi connectivity index (χ4v) is 2.75. The number of hydrogen-bond acceptors (Lipinski definition) is 2. The fourth-order valence-electron chi connectivity index (χ4n) is 2.22. The van der Waals surface area contributed by atoms with E-state index < -0.39 is 0 Å². The van der Waals surface area contributed by atoms with Gasteiger partial charge in [-0.05, 0) is 36.6 Å². The summed E-state index contributed by atoms with van der Waals surface area (Å²) in [4.78, 5) is 0. The Balaban J connectivity index is 2.53. The molecule has 0 radical (unpaired) electrons. The monoisotopic (exact) mass is 319 g/mol. The Hall–Kier alpha value is -1.32. The molecule has 1 unspecified atom stereocenters. The van der Waals surface area contributed by atoms with Crippen LogP contribution in [0.15, 0.2) is 40.9 Å². The van der Waals surface area contributed by atoms with Gasteiger partial charge in [0.05, 0.1) is 13.2 Å². The van der Waals surface area contributed by atoms with E-state index in [2.05, 4.69) is 35.8 Å². The van der Waals surface area contributed by atoms with E-state index in [1.54, 1.807) is 7.11 Å². The van der Waals surface area contributed by atoms with Crippen LogP contribution in [-0.2, 0) is 0 Å². The molecule has 0 bridgehead atoms. The molecule has 0 saturated heterocycles. The molecule has 1 atom stereocenters. The molecule has 2 nitrogen and oxygen atoms in total. The molecule has 0 aliphatic carbocycles. The van der Waals surface area contributed by atoms with Gasteiger partial charge in [0.15, 0.2) is 0 Å². The van der Waals surface area contributed by atoms with E-state index in [4.69, 9.17) is 10.5 Å². The third-order valence-corrected chi connectivity index (χ3v) is 4.21. The van der Waals surface area contributed by atoms with Crippen molar-refractivity contribution < 1.29 is 4.74 Å². The summed E-state index contributed by atoms with van der Waals surface area (Å²) in [5, 5.41) is 0. The van der Waals surface area contributed by atoms with Crippen LogP contribution >= 0.6 is 15.9 Å². The van der Waals surface area contributed by atoms with E-state index in [1.807, 2.05) is 30.3 Å². The van der Waals surface area contributed by atoms with Gasteiger partial charge in [0, 0.05) is 10.0 Å². The van der Waals surface area contributed by atoms with Gasteiger partial charge in [0.1, 0.15) is 5.75 Å². The lowest BCUT2D eigenvalue weighted by molar-refractivity contribution is 0.404. The number of rotatable bonds is 3. The molecule has 3 heteroatoms. The van der Waals surface area contributed by atoms with Crippen LogP contribution in [-0.4, -0.2) is 7.11 Å². The second-order valence-corrected chi connectivity index (χ2v) is 5.48. The fraction of sp³-hybridized carbons (Fsp3) is 0.250. The highest BCUT2D eigenvalue weighted by Gasteiger charge is 2.18. The second kappa shape index (κ2) is 5.76. The number of aryl methyl sites for hydroxylation is 1. The normalized spacial score (nSPS) is 12.3. The molecule has 0 fully saturated rings. The number of hydrogen-bond donors (Lipinski definition) is 1. The first-order valence-corrected chi connectivity index (χ1v) is 6.99. The number of ether oxygens (including phenoxy) is 1. The summed E-state index contributed by atoms with van der Waals surface area (Å²) >= 11 is 3.55. The maximum absolute atomic E-state index is 6.40. The molecule has 0 heterocycles. The van der Waals surface area contributed by atoms with E-state index in [0.29, 0.717) is 0 Å². The molecule has 19 heavy (non-hydrogen) atoms. The Morgan fingerprint density at radius 3 is 2.37 bits per heavy atom. The van der Waals surface area contributed by atoms with Crippen LogP contribution in [0.1, 0.15) is 28.3 Å². The van der Waals surface area contributed by atoms with Crippen LogP contribution in [0.2, 0.25) is 0 Å². The Kier molecular flexibility index (Phi) is 4.27. The largest absolute Gasteiger partial charge is 0.496 e. The summed E-state index contributed by atoms with van der Waals surface area (Å²) in [7, 11) is 1.69. The second-order valence-electron chi connectivity index (χ2n) is 4.63. The minimum atomic E-state index is -0.204. The van der Waals surface area contributed by atoms with E-state index in [1.165, 1.54) is 5.56 Å². The molecule has 2 aromatic rings. The SMILES string of the molecule is COc1c(C(N)c2ccccc2Br)ccc(C)c1C. The molecule has 0 amide bonds. The first kappa shape index (κ1) is 14.1. The van der Waals surface area contributed by atoms with Gasteiger partial charge in [0.25, 0.3) is 0 Å². The zero-order valence-corrected chi connectivity index (χ0v) is 13.0. The van der Waals surface area contributed by atoms with Crippen LogP contribution < -0.4 is 10.5 Å². The summed E-state index contributed by atoms with van der Waals surface area (Å²) in [6, 6.07) is 11.9. The van der Waals surface area contributed by atoms with Gasteiger partial charge in [-0.3, -0.25) is 0 Å². The Bertz CT molecular complexity index is 595. The lowest BCUT2D eigenvalue weighted by Gasteiger charge is -2.20. The van der Waals surface area contributed by atoms with Crippen LogP contribution in [0.3, 0.4) is 0 Å². The highest BCUT2D eigenvalue weighted by molar-refractivity contribution is 9.10. The number of benzene rings is 2. The minimum absolute atomic E-state index is 0.204. The zero-order chi connectivity index (χ0) is 14.0. The standard InChI is InChI=1S/C16H18BrNO/c1-10-8-9-13(16(19-3)11(10)2)15(18)12-6-4-5-7-14(12)17/h4-9,15H,18H2,1-3H3. The Morgan fingerprint density at radius 1 is 1.05 bits per heavy atom. The molecule has 0 saturated carbocycles. The number of nitrogens with two attached hydrogens (primary N) is 1. The summed E-state index contributed by atoms with van der Waals surface area (Å²) in [5.74, 6) is 0.878. The molecule has 2 aromatic carbocycles. The Morgan fingerprint density at radius 2 is 1.74 bits per heavy atom. The Labute approximate surface area is 122 Å².